The number of amidine groups is 1. The molecule has 0 aliphatic rings. The van der Waals surface area contributed by atoms with E-state index in [0.29, 0.717) is 0 Å². The fraction of sp³-hybridized carbons (Fsp3) is 0.462. The van der Waals surface area contributed by atoms with Gasteiger partial charge in [-0.05, 0) is 37.1 Å². The quantitative estimate of drug-likeness (QED) is 0.344. The number of rotatable bonds is 6. The summed E-state index contributed by atoms with van der Waals surface area (Å²) in [7, 11) is 0. The number of anilines is 1. The molecule has 1 aromatic carbocycles. The van der Waals surface area contributed by atoms with Crippen molar-refractivity contribution in [1.82, 2.24) is 0 Å². The predicted molar refractivity (Wildman–Crippen MR) is 71.7 cm³/mol. The van der Waals surface area contributed by atoms with E-state index in [0.717, 1.165) is 31.5 Å². The van der Waals surface area contributed by atoms with Crippen LogP contribution in [0.3, 0.4) is 0 Å². The molecule has 0 amide bonds. The largest absolute Gasteiger partial charge is 0.409 e. The number of hydrogen-bond donors (Lipinski definition) is 2. The molecule has 0 saturated carbocycles. The minimum atomic E-state index is 0.147. The minimum Gasteiger partial charge on any atom is -0.409 e. The Morgan fingerprint density at radius 2 is 1.71 bits per heavy atom. The summed E-state index contributed by atoms with van der Waals surface area (Å²) in [6, 6.07) is 7.78. The van der Waals surface area contributed by atoms with Crippen LogP contribution in [0.5, 0.6) is 0 Å². The SMILES string of the molecule is CCCN(CCC)c1ccc(/C(N)=N/O)cc1. The summed E-state index contributed by atoms with van der Waals surface area (Å²) in [5, 5.41) is 11.6. The van der Waals surface area contributed by atoms with Crippen LogP contribution in [0.2, 0.25) is 0 Å². The Hall–Kier alpha value is -1.71. The Balaban J connectivity index is 2.83. The molecule has 3 N–H and O–H groups in total. The zero-order valence-electron chi connectivity index (χ0n) is 10.6. The van der Waals surface area contributed by atoms with Gasteiger partial charge in [-0.1, -0.05) is 19.0 Å². The first-order valence-electron chi connectivity index (χ1n) is 6.05. The Labute approximate surface area is 103 Å². The van der Waals surface area contributed by atoms with Crippen LogP contribution in [0.1, 0.15) is 32.3 Å². The number of nitrogens with zero attached hydrogens (tertiary/aromatic N) is 2. The van der Waals surface area contributed by atoms with Crippen molar-refractivity contribution in [3.05, 3.63) is 29.8 Å². The first kappa shape index (κ1) is 13.4. The molecular weight excluding hydrogens is 214 g/mol. The van der Waals surface area contributed by atoms with Crippen molar-refractivity contribution < 1.29 is 5.21 Å². The topological polar surface area (TPSA) is 61.8 Å². The van der Waals surface area contributed by atoms with E-state index in [1.54, 1.807) is 0 Å². The Kier molecular flexibility index (Phi) is 5.33. The van der Waals surface area contributed by atoms with Crippen molar-refractivity contribution in [2.45, 2.75) is 26.7 Å². The Morgan fingerprint density at radius 3 is 2.12 bits per heavy atom. The van der Waals surface area contributed by atoms with Gasteiger partial charge in [-0.3, -0.25) is 0 Å². The lowest BCUT2D eigenvalue weighted by atomic mass is 10.1. The van der Waals surface area contributed by atoms with Crippen molar-refractivity contribution in [3.8, 4) is 0 Å². The van der Waals surface area contributed by atoms with E-state index >= 15 is 0 Å². The standard InChI is InChI=1S/C13H21N3O/c1-3-9-16(10-4-2)12-7-5-11(6-8-12)13(14)15-17/h5-8,17H,3-4,9-10H2,1-2H3,(H2,14,15). The molecule has 4 nitrogen and oxygen atoms in total. The molecule has 4 heteroatoms. The van der Waals surface area contributed by atoms with Gasteiger partial charge in [-0.15, -0.1) is 0 Å². The van der Waals surface area contributed by atoms with Gasteiger partial charge < -0.3 is 15.8 Å². The van der Waals surface area contributed by atoms with Crippen LogP contribution in [0, 0.1) is 0 Å². The molecule has 0 spiro atoms. The Morgan fingerprint density at radius 1 is 1.18 bits per heavy atom. The lowest BCUT2D eigenvalue weighted by Crippen LogP contribution is -2.24. The van der Waals surface area contributed by atoms with Crippen LogP contribution in [0.25, 0.3) is 0 Å². The molecule has 0 radical (unpaired) electrons. The monoisotopic (exact) mass is 235 g/mol. The van der Waals surface area contributed by atoms with E-state index in [1.165, 1.54) is 5.69 Å². The molecule has 94 valence electrons. The van der Waals surface area contributed by atoms with Gasteiger partial charge in [0.25, 0.3) is 0 Å². The summed E-state index contributed by atoms with van der Waals surface area (Å²) in [5.41, 5.74) is 7.45. The summed E-state index contributed by atoms with van der Waals surface area (Å²) in [6.07, 6.45) is 2.25. The molecule has 0 aliphatic heterocycles. The summed E-state index contributed by atoms with van der Waals surface area (Å²) in [4.78, 5) is 2.34. The number of oxime groups is 1. The highest BCUT2D eigenvalue weighted by Crippen LogP contribution is 2.16. The first-order chi connectivity index (χ1) is 8.22. The fourth-order valence-corrected chi connectivity index (χ4v) is 1.81. The summed E-state index contributed by atoms with van der Waals surface area (Å²) >= 11 is 0. The zero-order valence-corrected chi connectivity index (χ0v) is 10.6. The third-order valence-corrected chi connectivity index (χ3v) is 2.62. The van der Waals surface area contributed by atoms with Crippen LogP contribution in [-0.4, -0.2) is 24.1 Å². The highest BCUT2D eigenvalue weighted by Gasteiger charge is 2.05. The van der Waals surface area contributed by atoms with Gasteiger partial charge in [0, 0.05) is 24.3 Å². The summed E-state index contributed by atoms with van der Waals surface area (Å²) in [5.74, 6) is 0.147. The van der Waals surface area contributed by atoms with Crippen LogP contribution >= 0.6 is 0 Å². The summed E-state index contributed by atoms with van der Waals surface area (Å²) in [6.45, 7) is 6.45. The second-order valence-electron chi connectivity index (χ2n) is 4.02. The van der Waals surface area contributed by atoms with E-state index in [2.05, 4.69) is 23.9 Å². The lowest BCUT2D eigenvalue weighted by molar-refractivity contribution is 0.318. The fourth-order valence-electron chi connectivity index (χ4n) is 1.81. The maximum absolute atomic E-state index is 8.59. The highest BCUT2D eigenvalue weighted by molar-refractivity contribution is 5.97. The van der Waals surface area contributed by atoms with Gasteiger partial charge in [-0.25, -0.2) is 0 Å². The molecule has 17 heavy (non-hydrogen) atoms. The van der Waals surface area contributed by atoms with Crippen molar-refractivity contribution >= 4 is 11.5 Å². The smallest absolute Gasteiger partial charge is 0.170 e. The second-order valence-corrected chi connectivity index (χ2v) is 4.02. The van der Waals surface area contributed by atoms with Crippen molar-refractivity contribution in [2.24, 2.45) is 10.9 Å². The van der Waals surface area contributed by atoms with Crippen LogP contribution in [-0.2, 0) is 0 Å². The predicted octanol–water partition coefficient (Wildman–Crippen LogP) is 2.41. The molecule has 0 atom stereocenters. The van der Waals surface area contributed by atoms with Crippen LogP contribution < -0.4 is 10.6 Å². The van der Waals surface area contributed by atoms with Gasteiger partial charge in [0.15, 0.2) is 5.84 Å². The van der Waals surface area contributed by atoms with Crippen LogP contribution in [0.15, 0.2) is 29.4 Å². The zero-order chi connectivity index (χ0) is 12.7. The maximum Gasteiger partial charge on any atom is 0.170 e. The molecule has 0 bridgehead atoms. The third kappa shape index (κ3) is 3.66. The molecule has 0 unspecified atom stereocenters. The molecule has 1 aromatic rings. The first-order valence-corrected chi connectivity index (χ1v) is 6.05. The van der Waals surface area contributed by atoms with E-state index in [-0.39, 0.29) is 5.84 Å². The van der Waals surface area contributed by atoms with E-state index in [4.69, 9.17) is 10.9 Å². The molecule has 0 aromatic heterocycles. The minimum absolute atomic E-state index is 0.147. The molecule has 0 saturated heterocycles. The average molecular weight is 235 g/mol. The third-order valence-electron chi connectivity index (χ3n) is 2.62. The summed E-state index contributed by atoms with van der Waals surface area (Å²) < 4.78 is 0. The second kappa shape index (κ2) is 6.78. The van der Waals surface area contributed by atoms with Crippen LogP contribution in [0.4, 0.5) is 5.69 Å². The number of benzene rings is 1. The molecular formula is C13H21N3O. The van der Waals surface area contributed by atoms with Gasteiger partial charge >= 0.3 is 0 Å². The maximum atomic E-state index is 8.59. The van der Waals surface area contributed by atoms with Crippen molar-refractivity contribution in [2.75, 3.05) is 18.0 Å². The molecule has 0 aliphatic carbocycles. The molecule has 0 fully saturated rings. The van der Waals surface area contributed by atoms with E-state index < -0.39 is 0 Å². The Bertz CT molecular complexity index is 353. The average Bonchev–Trinajstić information content (AvgIpc) is 2.38. The number of nitrogens with two attached hydrogens (primary N) is 1. The van der Waals surface area contributed by atoms with Crippen molar-refractivity contribution in [3.63, 3.8) is 0 Å². The van der Waals surface area contributed by atoms with Gasteiger partial charge in [0.2, 0.25) is 0 Å². The van der Waals surface area contributed by atoms with Crippen molar-refractivity contribution in [1.29, 1.82) is 0 Å². The normalized spacial score (nSPS) is 11.5. The molecule has 1 rings (SSSR count). The van der Waals surface area contributed by atoms with E-state index in [9.17, 15) is 0 Å². The van der Waals surface area contributed by atoms with E-state index in [1.807, 2.05) is 24.3 Å². The highest BCUT2D eigenvalue weighted by atomic mass is 16.4. The van der Waals surface area contributed by atoms with Gasteiger partial charge in [0.1, 0.15) is 0 Å². The van der Waals surface area contributed by atoms with Gasteiger partial charge in [-0.2, -0.15) is 0 Å². The number of hydrogen-bond acceptors (Lipinski definition) is 3. The lowest BCUT2D eigenvalue weighted by Gasteiger charge is -2.23. The molecule has 0 heterocycles. The van der Waals surface area contributed by atoms with Gasteiger partial charge in [0.05, 0.1) is 0 Å².